The Kier molecular flexibility index (Phi) is 3.95. The van der Waals surface area contributed by atoms with Crippen LogP contribution in [0.5, 0.6) is 0 Å². The Bertz CT molecular complexity index is 902. The summed E-state index contributed by atoms with van der Waals surface area (Å²) >= 11 is 6.53. The van der Waals surface area contributed by atoms with E-state index in [1.54, 1.807) is 11.0 Å². The van der Waals surface area contributed by atoms with Gasteiger partial charge in [0.1, 0.15) is 11.5 Å². The van der Waals surface area contributed by atoms with Gasteiger partial charge >= 0.3 is 0 Å². The van der Waals surface area contributed by atoms with E-state index in [-0.39, 0.29) is 6.04 Å². The van der Waals surface area contributed by atoms with Crippen LogP contribution >= 0.6 is 11.6 Å². The zero-order chi connectivity index (χ0) is 17.6. The van der Waals surface area contributed by atoms with Crippen LogP contribution in [0.15, 0.2) is 40.5 Å². The van der Waals surface area contributed by atoms with Crippen LogP contribution in [0.25, 0.3) is 5.70 Å². The first-order chi connectivity index (χ1) is 12.1. The van der Waals surface area contributed by atoms with E-state index in [9.17, 15) is 0 Å². The molecule has 0 aromatic carbocycles. The van der Waals surface area contributed by atoms with Crippen LogP contribution in [0, 0.1) is 0 Å². The molecule has 1 atom stereocenters. The van der Waals surface area contributed by atoms with Crippen molar-refractivity contribution in [2.24, 2.45) is 12.0 Å². The molecule has 0 saturated heterocycles. The third-order valence-electron chi connectivity index (χ3n) is 4.72. The summed E-state index contributed by atoms with van der Waals surface area (Å²) in [6, 6.07) is 0.0234. The van der Waals surface area contributed by atoms with Crippen molar-refractivity contribution in [2.75, 3.05) is 4.90 Å². The van der Waals surface area contributed by atoms with Gasteiger partial charge in [0.15, 0.2) is 11.7 Å². The van der Waals surface area contributed by atoms with Crippen molar-refractivity contribution in [1.82, 2.24) is 24.5 Å². The molecule has 0 radical (unpaired) electrons. The fourth-order valence-electron chi connectivity index (χ4n) is 3.42. The van der Waals surface area contributed by atoms with Gasteiger partial charge in [-0.25, -0.2) is 4.99 Å². The van der Waals surface area contributed by atoms with Crippen LogP contribution in [-0.2, 0) is 7.05 Å². The predicted molar refractivity (Wildman–Crippen MR) is 98.2 cm³/mol. The summed E-state index contributed by atoms with van der Waals surface area (Å²) in [5, 5.41) is 13.4. The van der Waals surface area contributed by atoms with E-state index in [2.05, 4.69) is 40.1 Å². The molecule has 0 bridgehead atoms. The SMILES string of the molecule is CCC1=C(Cl)N=C2C(=CC1)n1cnnc1[C@@H](CC)N2c1cnn(C)c1. The number of nitrogens with zero attached hydrogens (tertiary/aromatic N) is 7. The van der Waals surface area contributed by atoms with E-state index < -0.39 is 0 Å². The molecule has 8 heteroatoms. The summed E-state index contributed by atoms with van der Waals surface area (Å²) in [7, 11) is 1.91. The summed E-state index contributed by atoms with van der Waals surface area (Å²) in [5.41, 5.74) is 3.07. The standard InChI is InChI=1S/C17H20ClN7/c1-4-11-6-7-14-16(21-15(11)18)25(12-8-20-23(3)9-12)13(5-2)17-22-19-10-24(14)17/h7-10,13H,4-6H2,1-3H3/t13-/m1/s1. The second-order valence-corrected chi connectivity index (χ2v) is 6.56. The van der Waals surface area contributed by atoms with Gasteiger partial charge in [-0.2, -0.15) is 5.10 Å². The fraction of sp³-hybridized carbons (Fsp3) is 0.412. The second-order valence-electron chi connectivity index (χ2n) is 6.20. The summed E-state index contributed by atoms with van der Waals surface area (Å²) in [4.78, 5) is 6.97. The van der Waals surface area contributed by atoms with Crippen molar-refractivity contribution in [2.45, 2.75) is 39.2 Å². The third kappa shape index (κ3) is 2.50. The van der Waals surface area contributed by atoms with Crippen molar-refractivity contribution in [3.8, 4) is 0 Å². The number of halogens is 1. The van der Waals surface area contributed by atoms with E-state index in [0.717, 1.165) is 47.9 Å². The van der Waals surface area contributed by atoms with Gasteiger partial charge in [-0.3, -0.25) is 9.25 Å². The van der Waals surface area contributed by atoms with Gasteiger partial charge in [-0.15, -0.1) is 10.2 Å². The molecule has 2 aliphatic rings. The summed E-state index contributed by atoms with van der Waals surface area (Å²) in [6.07, 6.45) is 10.3. The van der Waals surface area contributed by atoms with Crippen molar-refractivity contribution in [3.05, 3.63) is 41.4 Å². The molecule has 25 heavy (non-hydrogen) atoms. The molecule has 4 rings (SSSR count). The van der Waals surface area contributed by atoms with Crippen LogP contribution in [0.1, 0.15) is 45.0 Å². The number of fused-ring (bicyclic) bond motifs is 3. The van der Waals surface area contributed by atoms with Gasteiger partial charge in [0.05, 0.1) is 23.6 Å². The van der Waals surface area contributed by atoms with E-state index in [1.807, 2.05) is 24.0 Å². The Morgan fingerprint density at radius 3 is 2.84 bits per heavy atom. The van der Waals surface area contributed by atoms with Gasteiger partial charge in [-0.05, 0) is 24.8 Å². The highest BCUT2D eigenvalue weighted by molar-refractivity contribution is 6.34. The molecule has 2 aromatic heterocycles. The van der Waals surface area contributed by atoms with E-state index in [1.165, 1.54) is 0 Å². The molecule has 0 amide bonds. The molecule has 0 saturated carbocycles. The van der Waals surface area contributed by atoms with Crippen LogP contribution in [-0.4, -0.2) is 30.4 Å². The maximum absolute atomic E-state index is 6.53. The Hall–Kier alpha value is -2.41. The number of amidine groups is 1. The van der Waals surface area contributed by atoms with Crippen LogP contribution in [0.3, 0.4) is 0 Å². The zero-order valence-corrected chi connectivity index (χ0v) is 15.3. The Morgan fingerprint density at radius 2 is 2.16 bits per heavy atom. The minimum absolute atomic E-state index is 0.0234. The monoisotopic (exact) mass is 357 g/mol. The molecule has 0 spiro atoms. The van der Waals surface area contributed by atoms with Gasteiger partial charge in [0.25, 0.3) is 0 Å². The lowest BCUT2D eigenvalue weighted by atomic mass is 10.1. The van der Waals surface area contributed by atoms with E-state index >= 15 is 0 Å². The van der Waals surface area contributed by atoms with Crippen molar-refractivity contribution >= 4 is 28.8 Å². The van der Waals surface area contributed by atoms with Crippen molar-refractivity contribution < 1.29 is 0 Å². The van der Waals surface area contributed by atoms with Crippen LogP contribution in [0.2, 0.25) is 0 Å². The smallest absolute Gasteiger partial charge is 0.160 e. The predicted octanol–water partition coefficient (Wildman–Crippen LogP) is 3.49. The lowest BCUT2D eigenvalue weighted by Gasteiger charge is -2.37. The Morgan fingerprint density at radius 1 is 1.32 bits per heavy atom. The first kappa shape index (κ1) is 16.1. The highest BCUT2D eigenvalue weighted by Crippen LogP contribution is 2.39. The van der Waals surface area contributed by atoms with Gasteiger partial charge in [-0.1, -0.05) is 31.5 Å². The number of rotatable bonds is 3. The molecule has 0 fully saturated rings. The number of allylic oxidation sites excluding steroid dienone is 2. The molecule has 2 aliphatic heterocycles. The highest BCUT2D eigenvalue weighted by atomic mass is 35.5. The number of hydrogen-bond acceptors (Lipinski definition) is 5. The summed E-state index contributed by atoms with van der Waals surface area (Å²) < 4.78 is 3.82. The Labute approximate surface area is 151 Å². The number of anilines is 1. The molecule has 0 aliphatic carbocycles. The average molecular weight is 358 g/mol. The molecule has 7 nitrogen and oxygen atoms in total. The number of aliphatic imine (C=N–C) groups is 1. The zero-order valence-electron chi connectivity index (χ0n) is 14.5. The molecule has 4 heterocycles. The largest absolute Gasteiger partial charge is 0.311 e. The molecule has 0 N–H and O–H groups in total. The summed E-state index contributed by atoms with van der Waals surface area (Å²) in [5.74, 6) is 1.73. The highest BCUT2D eigenvalue weighted by Gasteiger charge is 2.37. The lowest BCUT2D eigenvalue weighted by molar-refractivity contribution is 0.614. The second kappa shape index (κ2) is 6.15. The minimum Gasteiger partial charge on any atom is -0.311 e. The third-order valence-corrected chi connectivity index (χ3v) is 5.07. The number of aryl methyl sites for hydroxylation is 1. The number of aromatic nitrogens is 5. The van der Waals surface area contributed by atoms with Crippen LogP contribution < -0.4 is 4.90 Å². The topological polar surface area (TPSA) is 64.1 Å². The van der Waals surface area contributed by atoms with E-state index in [0.29, 0.717) is 5.16 Å². The molecule has 130 valence electrons. The first-order valence-corrected chi connectivity index (χ1v) is 8.86. The van der Waals surface area contributed by atoms with Gasteiger partial charge < -0.3 is 4.90 Å². The van der Waals surface area contributed by atoms with Crippen molar-refractivity contribution in [3.63, 3.8) is 0 Å². The quantitative estimate of drug-likeness (QED) is 0.789. The van der Waals surface area contributed by atoms with Gasteiger partial charge in [0.2, 0.25) is 0 Å². The lowest BCUT2D eigenvalue weighted by Crippen LogP contribution is -2.42. The maximum atomic E-state index is 6.53. The van der Waals surface area contributed by atoms with Gasteiger partial charge in [0, 0.05) is 13.2 Å². The maximum Gasteiger partial charge on any atom is 0.160 e. The van der Waals surface area contributed by atoms with E-state index in [4.69, 9.17) is 16.6 Å². The minimum atomic E-state index is 0.0234. The average Bonchev–Trinajstić information content (AvgIpc) is 3.21. The van der Waals surface area contributed by atoms with Crippen molar-refractivity contribution in [1.29, 1.82) is 0 Å². The molecule has 0 unspecified atom stereocenters. The summed E-state index contributed by atoms with van der Waals surface area (Å²) in [6.45, 7) is 4.23. The molecular formula is C17H20ClN7. The molecular weight excluding hydrogens is 338 g/mol. The van der Waals surface area contributed by atoms with Crippen LogP contribution in [0.4, 0.5) is 5.69 Å². The Balaban J connectivity index is 1.96. The first-order valence-electron chi connectivity index (χ1n) is 8.48. The fourth-order valence-corrected chi connectivity index (χ4v) is 3.71. The number of hydrogen-bond donors (Lipinski definition) is 0. The molecule has 2 aromatic rings. The normalized spacial score (nSPS) is 20.0.